The zero-order valence-electron chi connectivity index (χ0n) is 15.5. The molecular formula is C19H30N2O4. The molecule has 1 N–H and O–H groups in total. The average molecular weight is 350 g/mol. The van der Waals surface area contributed by atoms with E-state index in [4.69, 9.17) is 14.2 Å². The third-order valence-corrected chi connectivity index (χ3v) is 3.88. The van der Waals surface area contributed by atoms with Crippen molar-refractivity contribution in [2.75, 3.05) is 25.1 Å². The van der Waals surface area contributed by atoms with Crippen LogP contribution in [0.1, 0.15) is 52.9 Å². The maximum atomic E-state index is 12.0. The number of amides is 1. The van der Waals surface area contributed by atoms with E-state index in [1.165, 1.54) is 6.42 Å². The molecule has 6 heteroatoms. The highest BCUT2D eigenvalue weighted by atomic mass is 16.7. The lowest BCUT2D eigenvalue weighted by atomic mass is 9.96. The average Bonchev–Trinajstić information content (AvgIpc) is 2.58. The molecule has 140 valence electrons. The maximum Gasteiger partial charge on any atom is 0.230 e. The minimum atomic E-state index is -0.458. The molecule has 1 fully saturated rings. The van der Waals surface area contributed by atoms with E-state index in [2.05, 4.69) is 10.3 Å². The number of nitrogens with zero attached hydrogens (tertiary/aromatic N) is 1. The van der Waals surface area contributed by atoms with Crippen molar-refractivity contribution in [1.82, 2.24) is 4.98 Å². The molecule has 6 nitrogen and oxygen atoms in total. The van der Waals surface area contributed by atoms with Crippen LogP contribution in [-0.2, 0) is 14.3 Å². The van der Waals surface area contributed by atoms with Gasteiger partial charge in [0.2, 0.25) is 11.8 Å². The molecule has 1 aromatic heterocycles. The highest BCUT2D eigenvalue weighted by molar-refractivity contribution is 5.93. The summed E-state index contributed by atoms with van der Waals surface area (Å²) in [5.74, 6) is 0.956. The minimum Gasteiger partial charge on any atom is -0.478 e. The van der Waals surface area contributed by atoms with Gasteiger partial charge in [-0.2, -0.15) is 4.98 Å². The molecule has 1 aromatic rings. The lowest BCUT2D eigenvalue weighted by molar-refractivity contribution is -0.162. The molecule has 1 aliphatic rings. The van der Waals surface area contributed by atoms with E-state index in [0.29, 0.717) is 24.9 Å². The van der Waals surface area contributed by atoms with Crippen LogP contribution in [0.25, 0.3) is 0 Å². The number of carbonyl (C=O) groups excluding carboxylic acids is 1. The highest BCUT2D eigenvalue weighted by Crippen LogP contribution is 2.18. The van der Waals surface area contributed by atoms with Crippen molar-refractivity contribution >= 4 is 11.7 Å². The Labute approximate surface area is 150 Å². The van der Waals surface area contributed by atoms with E-state index in [-0.39, 0.29) is 12.2 Å². The molecule has 1 amide bonds. The fourth-order valence-corrected chi connectivity index (χ4v) is 2.31. The van der Waals surface area contributed by atoms with Crippen LogP contribution in [0.5, 0.6) is 5.88 Å². The monoisotopic (exact) mass is 350 g/mol. The normalized spacial score (nSPS) is 18.0. The van der Waals surface area contributed by atoms with Crippen molar-refractivity contribution < 1.29 is 19.0 Å². The van der Waals surface area contributed by atoms with Crippen molar-refractivity contribution in [3.63, 3.8) is 0 Å². The van der Waals surface area contributed by atoms with Crippen LogP contribution >= 0.6 is 0 Å². The van der Waals surface area contributed by atoms with E-state index < -0.39 is 5.41 Å². The van der Waals surface area contributed by atoms with Gasteiger partial charge in [-0.1, -0.05) is 26.8 Å². The summed E-state index contributed by atoms with van der Waals surface area (Å²) in [7, 11) is 0. The Hall–Kier alpha value is -1.66. The maximum absolute atomic E-state index is 12.0. The zero-order valence-corrected chi connectivity index (χ0v) is 15.5. The van der Waals surface area contributed by atoms with Crippen LogP contribution in [0.2, 0.25) is 0 Å². The molecule has 0 aliphatic carbocycles. The molecule has 1 unspecified atom stereocenters. The molecule has 1 atom stereocenters. The number of anilines is 1. The standard InChI is InChI=1S/C19H30N2O4/c1-19(2,3)18(22)21-15-9-8-10-16(20-15)23-12-6-7-14-25-17-11-4-5-13-24-17/h8-10,17H,4-7,11-14H2,1-3H3,(H,20,21,22). The molecule has 2 heterocycles. The van der Waals surface area contributed by atoms with Gasteiger partial charge >= 0.3 is 0 Å². The Balaban J connectivity index is 1.63. The van der Waals surface area contributed by atoms with Gasteiger partial charge in [0.05, 0.1) is 6.61 Å². The van der Waals surface area contributed by atoms with Gasteiger partial charge in [0.1, 0.15) is 5.82 Å². The number of nitrogens with one attached hydrogen (secondary N) is 1. The summed E-state index contributed by atoms with van der Waals surface area (Å²) in [5.41, 5.74) is -0.458. The van der Waals surface area contributed by atoms with Gasteiger partial charge in [-0.25, -0.2) is 0 Å². The zero-order chi connectivity index (χ0) is 18.1. The van der Waals surface area contributed by atoms with E-state index >= 15 is 0 Å². The first-order valence-electron chi connectivity index (χ1n) is 9.10. The van der Waals surface area contributed by atoms with Crippen molar-refractivity contribution in [3.8, 4) is 5.88 Å². The summed E-state index contributed by atoms with van der Waals surface area (Å²) in [5, 5.41) is 2.81. The fourth-order valence-electron chi connectivity index (χ4n) is 2.31. The van der Waals surface area contributed by atoms with Crippen LogP contribution in [0.15, 0.2) is 18.2 Å². The number of hydrogen-bond acceptors (Lipinski definition) is 5. The number of unbranched alkanes of at least 4 members (excludes halogenated alkanes) is 1. The molecule has 0 spiro atoms. The van der Waals surface area contributed by atoms with E-state index in [0.717, 1.165) is 32.3 Å². The summed E-state index contributed by atoms with van der Waals surface area (Å²) in [4.78, 5) is 16.3. The van der Waals surface area contributed by atoms with Crippen molar-refractivity contribution in [2.24, 2.45) is 5.41 Å². The Bertz CT molecular complexity index is 536. The van der Waals surface area contributed by atoms with Crippen LogP contribution < -0.4 is 10.1 Å². The Morgan fingerprint density at radius 3 is 2.80 bits per heavy atom. The van der Waals surface area contributed by atoms with Crippen molar-refractivity contribution in [3.05, 3.63) is 18.2 Å². The van der Waals surface area contributed by atoms with E-state index in [9.17, 15) is 4.79 Å². The predicted molar refractivity (Wildman–Crippen MR) is 96.6 cm³/mol. The number of aromatic nitrogens is 1. The van der Waals surface area contributed by atoms with E-state index in [1.54, 1.807) is 12.1 Å². The molecule has 25 heavy (non-hydrogen) atoms. The van der Waals surface area contributed by atoms with Gasteiger partial charge in [0, 0.05) is 24.7 Å². The number of hydrogen-bond donors (Lipinski definition) is 1. The summed E-state index contributed by atoms with van der Waals surface area (Å²) in [6.07, 6.45) is 5.08. The Morgan fingerprint density at radius 2 is 2.08 bits per heavy atom. The predicted octanol–water partition coefficient (Wildman–Crippen LogP) is 3.77. The van der Waals surface area contributed by atoms with Crippen molar-refractivity contribution in [1.29, 1.82) is 0 Å². The molecule has 1 saturated heterocycles. The highest BCUT2D eigenvalue weighted by Gasteiger charge is 2.21. The second-order valence-corrected chi connectivity index (χ2v) is 7.29. The molecule has 1 aliphatic heterocycles. The third-order valence-electron chi connectivity index (χ3n) is 3.88. The summed E-state index contributed by atoms with van der Waals surface area (Å²) >= 11 is 0. The molecular weight excluding hydrogens is 320 g/mol. The summed E-state index contributed by atoms with van der Waals surface area (Å²) < 4.78 is 16.9. The first kappa shape index (κ1) is 19.7. The first-order chi connectivity index (χ1) is 11.9. The smallest absolute Gasteiger partial charge is 0.230 e. The molecule has 0 aromatic carbocycles. The van der Waals surface area contributed by atoms with Gasteiger partial charge in [-0.3, -0.25) is 4.79 Å². The van der Waals surface area contributed by atoms with E-state index in [1.807, 2.05) is 26.8 Å². The first-order valence-corrected chi connectivity index (χ1v) is 9.10. The number of pyridine rings is 1. The second kappa shape index (κ2) is 9.73. The molecule has 0 radical (unpaired) electrons. The van der Waals surface area contributed by atoms with Gasteiger partial charge in [-0.05, 0) is 38.2 Å². The van der Waals surface area contributed by atoms with Crippen molar-refractivity contribution in [2.45, 2.75) is 59.2 Å². The van der Waals surface area contributed by atoms with Gasteiger partial charge < -0.3 is 19.5 Å². The topological polar surface area (TPSA) is 69.7 Å². The number of carbonyl (C=O) groups is 1. The lowest BCUT2D eigenvalue weighted by Crippen LogP contribution is -2.28. The van der Waals surface area contributed by atoms with Gasteiger partial charge in [0.15, 0.2) is 6.29 Å². The van der Waals surface area contributed by atoms with Crippen LogP contribution in [0, 0.1) is 5.41 Å². The fraction of sp³-hybridized carbons (Fsp3) is 0.684. The minimum absolute atomic E-state index is 0.0283. The Morgan fingerprint density at radius 1 is 1.28 bits per heavy atom. The third kappa shape index (κ3) is 7.40. The molecule has 2 rings (SSSR count). The molecule has 0 saturated carbocycles. The SMILES string of the molecule is CC(C)(C)C(=O)Nc1cccc(OCCCCOC2CCCCO2)n1. The van der Waals surface area contributed by atoms with Gasteiger partial charge in [0.25, 0.3) is 0 Å². The lowest BCUT2D eigenvalue weighted by Gasteiger charge is -2.22. The summed E-state index contributed by atoms with van der Waals surface area (Å²) in [6.45, 7) is 7.65. The van der Waals surface area contributed by atoms with Crippen LogP contribution in [-0.4, -0.2) is 37.0 Å². The van der Waals surface area contributed by atoms with Crippen LogP contribution in [0.4, 0.5) is 5.82 Å². The largest absolute Gasteiger partial charge is 0.478 e. The molecule has 0 bridgehead atoms. The quantitative estimate of drug-likeness (QED) is 0.723. The van der Waals surface area contributed by atoms with Crippen LogP contribution in [0.3, 0.4) is 0 Å². The Kier molecular flexibility index (Phi) is 7.65. The summed E-state index contributed by atoms with van der Waals surface area (Å²) in [6, 6.07) is 5.37. The number of rotatable bonds is 8. The second-order valence-electron chi connectivity index (χ2n) is 7.29. The number of ether oxygens (including phenoxy) is 3. The van der Waals surface area contributed by atoms with Gasteiger partial charge in [-0.15, -0.1) is 0 Å².